The van der Waals surface area contributed by atoms with Crippen LogP contribution in [0, 0.1) is 0 Å². The summed E-state index contributed by atoms with van der Waals surface area (Å²) in [4.78, 5) is 6.98. The number of hydrogen-bond acceptors (Lipinski definition) is 3. The van der Waals surface area contributed by atoms with E-state index in [1.165, 1.54) is 18.2 Å². The number of phenols is 1. The first-order chi connectivity index (χ1) is 8.93. The molecule has 19 heavy (non-hydrogen) atoms. The predicted octanol–water partition coefficient (Wildman–Crippen LogP) is 3.47. The summed E-state index contributed by atoms with van der Waals surface area (Å²) in [5, 5.41) is 10.0. The average molecular weight is 268 g/mol. The maximum absolute atomic E-state index is 12.7. The summed E-state index contributed by atoms with van der Waals surface area (Å²) in [7, 11) is 0. The molecule has 0 unspecified atom stereocenters. The molecular weight excluding hydrogens is 257 g/mol. The van der Waals surface area contributed by atoms with Crippen LogP contribution in [0.5, 0.6) is 5.75 Å². The molecular formula is C13H11F3N2O. The SMILES string of the molecule is C=CCCc1nc(C(F)(F)F)nc2cccc(O)c12. The van der Waals surface area contributed by atoms with Gasteiger partial charge in [-0.1, -0.05) is 12.1 Å². The number of phenolic OH excluding ortho intramolecular Hbond substituents is 1. The molecule has 0 radical (unpaired) electrons. The van der Waals surface area contributed by atoms with Gasteiger partial charge < -0.3 is 5.11 Å². The van der Waals surface area contributed by atoms with Gasteiger partial charge in [0.15, 0.2) is 0 Å². The van der Waals surface area contributed by atoms with E-state index in [2.05, 4.69) is 16.5 Å². The van der Waals surface area contributed by atoms with Gasteiger partial charge in [-0.25, -0.2) is 9.97 Å². The van der Waals surface area contributed by atoms with Crippen LogP contribution in [-0.4, -0.2) is 15.1 Å². The van der Waals surface area contributed by atoms with Crippen LogP contribution in [-0.2, 0) is 12.6 Å². The van der Waals surface area contributed by atoms with Crippen LogP contribution in [0.3, 0.4) is 0 Å². The summed E-state index contributed by atoms with van der Waals surface area (Å²) in [6.45, 7) is 3.52. The van der Waals surface area contributed by atoms with Crippen molar-refractivity contribution in [2.75, 3.05) is 0 Å². The number of rotatable bonds is 3. The molecule has 0 aliphatic heterocycles. The number of hydrogen-bond donors (Lipinski definition) is 1. The molecule has 0 fully saturated rings. The molecule has 1 aromatic heterocycles. The highest BCUT2D eigenvalue weighted by Gasteiger charge is 2.35. The summed E-state index contributed by atoms with van der Waals surface area (Å²) in [5.74, 6) is -1.31. The van der Waals surface area contributed by atoms with Crippen molar-refractivity contribution in [3.8, 4) is 5.75 Å². The fourth-order valence-corrected chi connectivity index (χ4v) is 1.79. The second kappa shape index (κ2) is 4.87. The zero-order chi connectivity index (χ0) is 14.0. The average Bonchev–Trinajstić information content (AvgIpc) is 2.34. The predicted molar refractivity (Wildman–Crippen MR) is 64.7 cm³/mol. The van der Waals surface area contributed by atoms with E-state index in [9.17, 15) is 18.3 Å². The first-order valence-corrected chi connectivity index (χ1v) is 5.60. The molecule has 2 rings (SSSR count). The van der Waals surface area contributed by atoms with Gasteiger partial charge in [-0.05, 0) is 25.0 Å². The molecule has 0 aliphatic carbocycles. The number of aryl methyl sites for hydroxylation is 1. The van der Waals surface area contributed by atoms with Crippen molar-refractivity contribution in [2.45, 2.75) is 19.0 Å². The Kier molecular flexibility index (Phi) is 3.42. The molecule has 1 aromatic carbocycles. The van der Waals surface area contributed by atoms with Crippen LogP contribution in [0.4, 0.5) is 13.2 Å². The van der Waals surface area contributed by atoms with E-state index in [0.717, 1.165) is 0 Å². The number of fused-ring (bicyclic) bond motifs is 1. The van der Waals surface area contributed by atoms with Gasteiger partial charge >= 0.3 is 6.18 Å². The molecule has 2 aromatic rings. The molecule has 1 N–H and O–H groups in total. The minimum absolute atomic E-state index is 0.0846. The normalized spacial score (nSPS) is 11.7. The van der Waals surface area contributed by atoms with Crippen molar-refractivity contribution in [2.24, 2.45) is 0 Å². The molecule has 0 aliphatic rings. The fourth-order valence-electron chi connectivity index (χ4n) is 1.79. The number of aromatic hydroxyl groups is 1. The highest BCUT2D eigenvalue weighted by molar-refractivity contribution is 5.87. The maximum atomic E-state index is 12.7. The fraction of sp³-hybridized carbons (Fsp3) is 0.231. The van der Waals surface area contributed by atoms with E-state index in [-0.39, 0.29) is 28.8 Å². The van der Waals surface area contributed by atoms with Crippen LogP contribution < -0.4 is 0 Å². The molecule has 3 nitrogen and oxygen atoms in total. The lowest BCUT2D eigenvalue weighted by Crippen LogP contribution is -2.13. The molecule has 0 saturated heterocycles. The number of halogens is 3. The third-order valence-electron chi connectivity index (χ3n) is 2.62. The summed E-state index contributed by atoms with van der Waals surface area (Å²) in [6, 6.07) is 4.27. The Morgan fingerprint density at radius 2 is 2.00 bits per heavy atom. The van der Waals surface area contributed by atoms with E-state index in [4.69, 9.17) is 0 Å². The Morgan fingerprint density at radius 3 is 2.63 bits per heavy atom. The lowest BCUT2D eigenvalue weighted by molar-refractivity contribution is -0.144. The smallest absolute Gasteiger partial charge is 0.451 e. The summed E-state index contributed by atoms with van der Waals surface area (Å²) >= 11 is 0. The molecule has 0 spiro atoms. The van der Waals surface area contributed by atoms with Gasteiger partial charge in [0.2, 0.25) is 5.82 Å². The molecule has 0 saturated carbocycles. The topological polar surface area (TPSA) is 46.0 Å². The van der Waals surface area contributed by atoms with Crippen molar-refractivity contribution < 1.29 is 18.3 Å². The van der Waals surface area contributed by atoms with Crippen LogP contribution >= 0.6 is 0 Å². The highest BCUT2D eigenvalue weighted by Crippen LogP contribution is 2.32. The Bertz CT molecular complexity index is 623. The van der Waals surface area contributed by atoms with Gasteiger partial charge in [-0.2, -0.15) is 13.2 Å². The third kappa shape index (κ3) is 2.67. The summed E-state index contributed by atoms with van der Waals surface area (Å²) < 4.78 is 38.1. The van der Waals surface area contributed by atoms with Gasteiger partial charge in [0.05, 0.1) is 16.6 Å². The van der Waals surface area contributed by atoms with Crippen molar-refractivity contribution in [1.82, 2.24) is 9.97 Å². The maximum Gasteiger partial charge on any atom is 0.451 e. The minimum atomic E-state index is -4.61. The summed E-state index contributed by atoms with van der Waals surface area (Å²) in [6.07, 6.45) is -2.29. The van der Waals surface area contributed by atoms with Gasteiger partial charge in [0.25, 0.3) is 0 Å². The molecule has 6 heteroatoms. The quantitative estimate of drug-likeness (QED) is 0.867. The van der Waals surface area contributed by atoms with Crippen molar-refractivity contribution in [1.29, 1.82) is 0 Å². The third-order valence-corrected chi connectivity index (χ3v) is 2.62. The standard InChI is InChI=1S/C13H11F3N2O/c1-2-3-5-8-11-9(6-4-7-10(11)19)18-12(17-8)13(14,15)16/h2,4,6-7,19H,1,3,5H2. The second-order valence-corrected chi connectivity index (χ2v) is 3.99. The lowest BCUT2D eigenvalue weighted by atomic mass is 10.1. The highest BCUT2D eigenvalue weighted by atomic mass is 19.4. The number of benzene rings is 1. The van der Waals surface area contributed by atoms with Gasteiger partial charge in [-0.15, -0.1) is 6.58 Å². The van der Waals surface area contributed by atoms with E-state index in [1.807, 2.05) is 0 Å². The molecule has 0 atom stereocenters. The van der Waals surface area contributed by atoms with E-state index in [0.29, 0.717) is 6.42 Å². The lowest BCUT2D eigenvalue weighted by Gasteiger charge is -2.11. The van der Waals surface area contributed by atoms with Gasteiger partial charge in [0, 0.05) is 0 Å². The van der Waals surface area contributed by atoms with E-state index < -0.39 is 12.0 Å². The van der Waals surface area contributed by atoms with Crippen LogP contribution in [0.25, 0.3) is 10.9 Å². The van der Waals surface area contributed by atoms with Crippen LogP contribution in [0.15, 0.2) is 30.9 Å². The number of aromatic nitrogens is 2. The summed E-state index contributed by atoms with van der Waals surface area (Å²) in [5.41, 5.74) is 0.261. The first-order valence-electron chi connectivity index (χ1n) is 5.60. The first kappa shape index (κ1) is 13.3. The van der Waals surface area contributed by atoms with Crippen LogP contribution in [0.2, 0.25) is 0 Å². The number of alkyl halides is 3. The second-order valence-electron chi connectivity index (χ2n) is 3.99. The Hall–Kier alpha value is -2.11. The van der Waals surface area contributed by atoms with Crippen molar-refractivity contribution >= 4 is 10.9 Å². The Labute approximate surface area is 107 Å². The number of nitrogens with zero attached hydrogens (tertiary/aromatic N) is 2. The monoisotopic (exact) mass is 268 g/mol. The molecule has 0 amide bonds. The molecule has 0 bridgehead atoms. The Balaban J connectivity index is 2.69. The van der Waals surface area contributed by atoms with E-state index >= 15 is 0 Å². The van der Waals surface area contributed by atoms with Crippen molar-refractivity contribution in [3.05, 3.63) is 42.4 Å². The number of allylic oxidation sites excluding steroid dienone is 1. The van der Waals surface area contributed by atoms with Crippen molar-refractivity contribution in [3.63, 3.8) is 0 Å². The van der Waals surface area contributed by atoms with Gasteiger partial charge in [0.1, 0.15) is 5.75 Å². The zero-order valence-electron chi connectivity index (χ0n) is 9.91. The van der Waals surface area contributed by atoms with Gasteiger partial charge in [-0.3, -0.25) is 0 Å². The molecule has 1 heterocycles. The zero-order valence-corrected chi connectivity index (χ0v) is 9.91. The largest absolute Gasteiger partial charge is 0.507 e. The van der Waals surface area contributed by atoms with Crippen LogP contribution in [0.1, 0.15) is 17.9 Å². The Morgan fingerprint density at radius 1 is 1.26 bits per heavy atom. The molecule has 100 valence electrons. The van der Waals surface area contributed by atoms with E-state index in [1.54, 1.807) is 6.08 Å². The minimum Gasteiger partial charge on any atom is -0.507 e.